The highest BCUT2D eigenvalue weighted by molar-refractivity contribution is 6.34. The summed E-state index contributed by atoms with van der Waals surface area (Å²) in [4.78, 5) is 17.3. The number of unbranched alkanes of at least 4 members (excludes halogenated alkanes) is 3. The van der Waals surface area contributed by atoms with Crippen LogP contribution >= 0.6 is 11.6 Å². The van der Waals surface area contributed by atoms with Crippen molar-refractivity contribution in [3.05, 3.63) is 59.2 Å². The summed E-state index contributed by atoms with van der Waals surface area (Å²) in [6.45, 7) is 6.68. The van der Waals surface area contributed by atoms with Crippen molar-refractivity contribution in [2.24, 2.45) is 0 Å². The molecule has 0 aliphatic carbocycles. The largest absolute Gasteiger partial charge is 0.494 e. The maximum absolute atomic E-state index is 12.8. The van der Waals surface area contributed by atoms with Gasteiger partial charge in [-0.25, -0.2) is 4.98 Å². The molecular weight excluding hydrogens is 478 g/mol. The second-order valence-corrected chi connectivity index (χ2v) is 9.06. The minimum absolute atomic E-state index is 0.211. The van der Waals surface area contributed by atoms with Crippen LogP contribution in [0.5, 0.6) is 11.5 Å². The summed E-state index contributed by atoms with van der Waals surface area (Å²) in [7, 11) is 0. The number of anilines is 1. The highest BCUT2D eigenvalue weighted by atomic mass is 35.5. The molecule has 2 heterocycles. The van der Waals surface area contributed by atoms with Crippen molar-refractivity contribution in [1.29, 1.82) is 0 Å². The number of nitrogens with one attached hydrogen (secondary N) is 2. The monoisotopic (exact) mass is 509 g/mol. The van der Waals surface area contributed by atoms with Gasteiger partial charge in [0.1, 0.15) is 16.5 Å². The molecular formula is C27H32ClN5O3. The van der Waals surface area contributed by atoms with Gasteiger partial charge in [-0.05, 0) is 68.3 Å². The zero-order valence-electron chi connectivity index (χ0n) is 20.9. The molecule has 0 saturated carbocycles. The van der Waals surface area contributed by atoms with E-state index in [-0.39, 0.29) is 5.91 Å². The van der Waals surface area contributed by atoms with E-state index in [1.165, 1.54) is 19.3 Å². The molecule has 2 aromatic heterocycles. The van der Waals surface area contributed by atoms with E-state index in [2.05, 4.69) is 27.4 Å². The summed E-state index contributed by atoms with van der Waals surface area (Å²) in [5.41, 5.74) is 2.87. The van der Waals surface area contributed by atoms with E-state index in [4.69, 9.17) is 21.1 Å². The fraction of sp³-hybridized carbons (Fsp3) is 0.370. The van der Waals surface area contributed by atoms with Crippen LogP contribution < -0.4 is 14.8 Å². The summed E-state index contributed by atoms with van der Waals surface area (Å²) in [6, 6.07) is 14.8. The normalized spacial score (nSPS) is 12.0. The smallest absolute Gasteiger partial charge is 0.265 e. The van der Waals surface area contributed by atoms with Gasteiger partial charge in [0.15, 0.2) is 17.6 Å². The number of benzene rings is 2. The minimum Gasteiger partial charge on any atom is -0.494 e. The number of ether oxygens (including phenoxy) is 2. The van der Waals surface area contributed by atoms with Crippen LogP contribution in [-0.2, 0) is 4.79 Å². The van der Waals surface area contributed by atoms with Gasteiger partial charge < -0.3 is 14.8 Å². The maximum Gasteiger partial charge on any atom is 0.265 e. The van der Waals surface area contributed by atoms with Crippen molar-refractivity contribution in [1.82, 2.24) is 19.8 Å². The average molecular weight is 510 g/mol. The first-order chi connectivity index (χ1) is 17.5. The molecule has 0 aliphatic rings. The predicted molar refractivity (Wildman–Crippen MR) is 142 cm³/mol. The van der Waals surface area contributed by atoms with Crippen molar-refractivity contribution in [3.8, 4) is 22.9 Å². The summed E-state index contributed by atoms with van der Waals surface area (Å²) in [6.07, 6.45) is 4.58. The summed E-state index contributed by atoms with van der Waals surface area (Å²) in [5, 5.41) is 10.9. The topological polar surface area (TPSA) is 93.5 Å². The first-order valence-electron chi connectivity index (χ1n) is 12.4. The third-order valence-corrected chi connectivity index (χ3v) is 6.30. The van der Waals surface area contributed by atoms with E-state index < -0.39 is 6.10 Å². The van der Waals surface area contributed by atoms with Crippen molar-refractivity contribution >= 4 is 28.8 Å². The van der Waals surface area contributed by atoms with Crippen LogP contribution in [0.15, 0.2) is 48.5 Å². The fourth-order valence-electron chi connectivity index (χ4n) is 3.78. The van der Waals surface area contributed by atoms with Gasteiger partial charge in [0.05, 0.1) is 12.3 Å². The second-order valence-electron chi connectivity index (χ2n) is 8.68. The number of rotatable bonds is 12. The Labute approximate surface area is 216 Å². The van der Waals surface area contributed by atoms with Crippen molar-refractivity contribution in [2.45, 2.75) is 59.0 Å². The Balaban J connectivity index is 1.31. The molecule has 1 atom stereocenters. The van der Waals surface area contributed by atoms with Gasteiger partial charge >= 0.3 is 0 Å². The number of nitrogens with zero attached hydrogens (tertiary/aromatic N) is 3. The highest BCUT2D eigenvalue weighted by Crippen LogP contribution is 2.25. The number of hydrogen-bond donors (Lipinski definition) is 2. The number of halogens is 1. The average Bonchev–Trinajstić information content (AvgIpc) is 3.42. The van der Waals surface area contributed by atoms with Crippen LogP contribution in [0, 0.1) is 6.92 Å². The quantitative estimate of drug-likeness (QED) is 0.214. The molecule has 0 bridgehead atoms. The van der Waals surface area contributed by atoms with Crippen molar-refractivity contribution in [3.63, 3.8) is 0 Å². The molecule has 190 valence electrons. The number of aryl methyl sites for hydroxylation is 1. The number of amides is 1. The first kappa shape index (κ1) is 25.6. The van der Waals surface area contributed by atoms with Crippen molar-refractivity contribution < 1.29 is 14.3 Å². The molecule has 2 N–H and O–H groups in total. The molecule has 1 unspecified atom stereocenters. The van der Waals surface area contributed by atoms with E-state index in [0.29, 0.717) is 41.0 Å². The fourth-order valence-corrected chi connectivity index (χ4v) is 3.94. The van der Waals surface area contributed by atoms with Gasteiger partial charge in [0, 0.05) is 11.3 Å². The van der Waals surface area contributed by atoms with Gasteiger partial charge in [0.2, 0.25) is 0 Å². The Bertz CT molecular complexity index is 1280. The third kappa shape index (κ3) is 6.18. The molecule has 0 radical (unpaired) electrons. The third-order valence-electron chi connectivity index (χ3n) is 5.85. The van der Waals surface area contributed by atoms with Gasteiger partial charge in [-0.2, -0.15) is 4.63 Å². The number of carbonyl (C=O) groups excluding carboxylic acids is 1. The zero-order chi connectivity index (χ0) is 25.5. The summed E-state index contributed by atoms with van der Waals surface area (Å²) < 4.78 is 13.3. The predicted octanol–water partition coefficient (Wildman–Crippen LogP) is 6.44. The van der Waals surface area contributed by atoms with E-state index in [1.54, 1.807) is 4.63 Å². The number of H-pyrrole nitrogens is 1. The van der Waals surface area contributed by atoms with Crippen LogP contribution in [0.1, 0.15) is 51.6 Å². The number of carbonyl (C=O) groups is 1. The standard InChI is InChI=1S/C27H32ClN5O3/c1-4-6-7-8-17-35-21-13-15-22(16-14-21)36-23(5-2)27(34)29-20-11-9-19(10-12-20)25-30-26-24(28)18(3)31-33(26)32-25/h9-16,23,31H,4-8,17H2,1-3H3,(H,29,34). The first-order valence-corrected chi connectivity index (χ1v) is 12.8. The molecule has 36 heavy (non-hydrogen) atoms. The molecule has 2 aromatic carbocycles. The Morgan fingerprint density at radius 3 is 2.44 bits per heavy atom. The highest BCUT2D eigenvalue weighted by Gasteiger charge is 2.19. The minimum atomic E-state index is -0.619. The molecule has 4 aromatic rings. The Morgan fingerprint density at radius 2 is 1.78 bits per heavy atom. The van der Waals surface area contributed by atoms with Crippen LogP contribution in [-0.4, -0.2) is 38.4 Å². The zero-order valence-corrected chi connectivity index (χ0v) is 21.6. The lowest BCUT2D eigenvalue weighted by Crippen LogP contribution is -2.32. The number of aromatic amines is 1. The lowest BCUT2D eigenvalue weighted by Gasteiger charge is -2.17. The Morgan fingerprint density at radius 1 is 1.06 bits per heavy atom. The molecule has 9 heteroatoms. The number of aromatic nitrogens is 4. The van der Waals surface area contributed by atoms with Crippen LogP contribution in [0.4, 0.5) is 5.69 Å². The van der Waals surface area contributed by atoms with Crippen LogP contribution in [0.25, 0.3) is 17.0 Å². The Kier molecular flexibility index (Phi) is 8.48. The molecule has 4 rings (SSSR count). The van der Waals surface area contributed by atoms with Gasteiger partial charge in [-0.15, -0.1) is 5.10 Å². The lowest BCUT2D eigenvalue weighted by molar-refractivity contribution is -0.122. The Hall–Kier alpha value is -3.52. The van der Waals surface area contributed by atoms with E-state index in [1.807, 2.05) is 62.4 Å². The van der Waals surface area contributed by atoms with E-state index in [9.17, 15) is 4.79 Å². The lowest BCUT2D eigenvalue weighted by atomic mass is 10.2. The summed E-state index contributed by atoms with van der Waals surface area (Å²) >= 11 is 6.25. The molecule has 1 amide bonds. The van der Waals surface area contributed by atoms with E-state index in [0.717, 1.165) is 23.4 Å². The number of fused-ring (bicyclic) bond motifs is 1. The van der Waals surface area contributed by atoms with Gasteiger partial charge in [-0.3, -0.25) is 9.89 Å². The maximum atomic E-state index is 12.8. The summed E-state index contributed by atoms with van der Waals surface area (Å²) in [5.74, 6) is 1.76. The van der Waals surface area contributed by atoms with Gasteiger partial charge in [-0.1, -0.05) is 44.7 Å². The molecule has 8 nitrogen and oxygen atoms in total. The molecule has 0 aliphatic heterocycles. The van der Waals surface area contributed by atoms with Crippen LogP contribution in [0.3, 0.4) is 0 Å². The SMILES string of the molecule is CCCCCCOc1ccc(OC(CC)C(=O)Nc2ccc(-c3nc4c(Cl)c(C)[nH]n4n3)cc2)cc1. The van der Waals surface area contributed by atoms with Crippen LogP contribution in [0.2, 0.25) is 5.02 Å². The van der Waals surface area contributed by atoms with Gasteiger partial charge in [0.25, 0.3) is 5.91 Å². The van der Waals surface area contributed by atoms with Crippen molar-refractivity contribution in [2.75, 3.05) is 11.9 Å². The molecule has 0 spiro atoms. The number of hydrogen-bond acceptors (Lipinski definition) is 5. The van der Waals surface area contributed by atoms with E-state index >= 15 is 0 Å². The second kappa shape index (κ2) is 11.9. The molecule has 0 fully saturated rings. The molecule has 0 saturated heterocycles.